The van der Waals surface area contributed by atoms with Gasteiger partial charge in [0.15, 0.2) is 5.78 Å². The van der Waals surface area contributed by atoms with Gasteiger partial charge in [0.25, 0.3) is 0 Å². The summed E-state index contributed by atoms with van der Waals surface area (Å²) < 4.78 is 0. The molecule has 5 heteroatoms. The minimum atomic E-state index is 0.194. The molecule has 1 aliphatic rings. The third kappa shape index (κ3) is 7.00. The Labute approximate surface area is 209 Å². The van der Waals surface area contributed by atoms with Gasteiger partial charge in [-0.2, -0.15) is 0 Å². The summed E-state index contributed by atoms with van der Waals surface area (Å²) in [6.45, 7) is 4.93. The van der Waals surface area contributed by atoms with Crippen LogP contribution < -0.4 is 0 Å². The third-order valence-corrected chi connectivity index (χ3v) is 7.12. The Balaban J connectivity index is 1.41. The van der Waals surface area contributed by atoms with Crippen LogP contribution in [0.3, 0.4) is 0 Å². The summed E-state index contributed by atoms with van der Waals surface area (Å²) in [5.41, 5.74) is 3.92. The molecule has 4 rings (SSSR count). The molecule has 0 spiro atoms. The Morgan fingerprint density at radius 1 is 0.914 bits per heavy atom. The number of Topliss-reactive ketones (excluding diaryl/α,β-unsaturated/α-hetero) is 1. The fourth-order valence-corrected chi connectivity index (χ4v) is 5.19. The van der Waals surface area contributed by atoms with Crippen LogP contribution in [0.15, 0.2) is 72.9 Å². The van der Waals surface area contributed by atoms with Gasteiger partial charge in [0.2, 0.25) is 0 Å². The molecule has 3 aromatic rings. The van der Waals surface area contributed by atoms with E-state index in [0.717, 1.165) is 25.1 Å². The lowest BCUT2D eigenvalue weighted by molar-refractivity contribution is 0.0753. The van der Waals surface area contributed by atoms with E-state index >= 15 is 0 Å². The van der Waals surface area contributed by atoms with E-state index in [9.17, 15) is 9.90 Å². The molecule has 5 nitrogen and oxygen atoms in total. The number of carbonyl (C=O) groups excluding carboxylic acids is 1. The highest BCUT2D eigenvalue weighted by atomic mass is 16.3. The minimum Gasteiger partial charge on any atom is -0.506 e. The third-order valence-electron chi connectivity index (χ3n) is 7.12. The van der Waals surface area contributed by atoms with Crippen LogP contribution >= 0.6 is 0 Å². The Morgan fingerprint density at radius 3 is 2.29 bits per heavy atom. The number of benzene rings is 2. The fraction of sp³-hybridized carbons (Fsp3) is 0.400. The van der Waals surface area contributed by atoms with Crippen LogP contribution in [0.25, 0.3) is 0 Å². The number of carbonyl (C=O) groups is 1. The maximum atomic E-state index is 13.1. The molecule has 2 aromatic carbocycles. The van der Waals surface area contributed by atoms with Crippen molar-refractivity contribution in [2.24, 2.45) is 5.92 Å². The second-order valence-corrected chi connectivity index (χ2v) is 9.98. The molecule has 0 radical (unpaired) electrons. The van der Waals surface area contributed by atoms with Gasteiger partial charge in [-0.05, 0) is 49.1 Å². The van der Waals surface area contributed by atoms with E-state index in [1.54, 1.807) is 18.3 Å². The molecule has 0 aliphatic heterocycles. The SMILES string of the molecule is CC1CCCCC1N(CC(=O)c1ccccc1)Cc1ccc(CN(C)Cc2ncccc2O)cc1. The van der Waals surface area contributed by atoms with E-state index in [1.807, 2.05) is 37.4 Å². The van der Waals surface area contributed by atoms with Gasteiger partial charge in [-0.25, -0.2) is 0 Å². The summed E-state index contributed by atoms with van der Waals surface area (Å²) in [7, 11) is 2.03. The van der Waals surface area contributed by atoms with Gasteiger partial charge in [-0.15, -0.1) is 0 Å². The van der Waals surface area contributed by atoms with Crippen molar-refractivity contribution >= 4 is 5.78 Å². The number of hydrogen-bond donors (Lipinski definition) is 1. The van der Waals surface area contributed by atoms with E-state index in [4.69, 9.17) is 0 Å². The Hall–Kier alpha value is -3.02. The number of aromatic hydroxyl groups is 1. The second kappa shape index (κ2) is 12.1. The van der Waals surface area contributed by atoms with Crippen molar-refractivity contribution in [3.8, 4) is 5.75 Å². The maximum Gasteiger partial charge on any atom is 0.176 e. The van der Waals surface area contributed by atoms with E-state index in [1.165, 1.54) is 30.4 Å². The van der Waals surface area contributed by atoms with Crippen molar-refractivity contribution in [3.63, 3.8) is 0 Å². The van der Waals surface area contributed by atoms with E-state index < -0.39 is 0 Å². The topological polar surface area (TPSA) is 56.7 Å². The first-order valence-electron chi connectivity index (χ1n) is 12.7. The molecule has 1 aliphatic carbocycles. The highest BCUT2D eigenvalue weighted by Crippen LogP contribution is 2.29. The molecular formula is C30H37N3O2. The van der Waals surface area contributed by atoms with Crippen LogP contribution in [-0.4, -0.2) is 45.3 Å². The number of hydrogen-bond acceptors (Lipinski definition) is 5. The molecule has 184 valence electrons. The molecular weight excluding hydrogens is 434 g/mol. The molecule has 1 aromatic heterocycles. The zero-order valence-electron chi connectivity index (χ0n) is 20.9. The molecule has 0 saturated heterocycles. The standard InChI is InChI=1S/C30H37N3O2/c1-23-9-6-7-12-28(23)33(22-30(35)26-10-4-3-5-11-26)20-25-16-14-24(15-17-25)19-32(2)21-27-29(34)13-8-18-31-27/h3-5,8,10-11,13-18,23,28,34H,6-7,9,12,19-22H2,1-2H3. The average Bonchev–Trinajstić information content (AvgIpc) is 2.87. The van der Waals surface area contributed by atoms with Crippen LogP contribution in [0.5, 0.6) is 5.75 Å². The fourth-order valence-electron chi connectivity index (χ4n) is 5.19. The molecule has 2 unspecified atom stereocenters. The minimum absolute atomic E-state index is 0.194. The van der Waals surface area contributed by atoms with E-state index in [2.05, 4.69) is 46.0 Å². The molecule has 1 fully saturated rings. The van der Waals surface area contributed by atoms with Crippen LogP contribution in [0.2, 0.25) is 0 Å². The van der Waals surface area contributed by atoms with E-state index in [0.29, 0.717) is 30.7 Å². The Morgan fingerprint density at radius 2 is 1.60 bits per heavy atom. The number of nitrogens with zero attached hydrogens (tertiary/aromatic N) is 3. The van der Waals surface area contributed by atoms with Crippen molar-refractivity contribution in [1.82, 2.24) is 14.8 Å². The molecule has 0 amide bonds. The predicted octanol–water partition coefficient (Wildman–Crippen LogP) is 5.68. The van der Waals surface area contributed by atoms with Crippen LogP contribution in [0.4, 0.5) is 0 Å². The lowest BCUT2D eigenvalue weighted by Gasteiger charge is -2.38. The summed E-state index contributed by atoms with van der Waals surface area (Å²) in [5.74, 6) is 1.03. The predicted molar refractivity (Wildman–Crippen MR) is 140 cm³/mol. The molecule has 1 heterocycles. The van der Waals surface area contributed by atoms with Gasteiger partial charge in [0.1, 0.15) is 5.75 Å². The largest absolute Gasteiger partial charge is 0.506 e. The first-order valence-corrected chi connectivity index (χ1v) is 12.7. The van der Waals surface area contributed by atoms with Gasteiger partial charge < -0.3 is 5.11 Å². The summed E-state index contributed by atoms with van der Waals surface area (Å²) in [6, 6.07) is 22.2. The lowest BCUT2D eigenvalue weighted by atomic mass is 9.84. The summed E-state index contributed by atoms with van der Waals surface area (Å²) in [6.07, 6.45) is 6.63. The smallest absolute Gasteiger partial charge is 0.176 e. The highest BCUT2D eigenvalue weighted by Gasteiger charge is 2.28. The monoisotopic (exact) mass is 471 g/mol. The summed E-state index contributed by atoms with van der Waals surface area (Å²) in [5, 5.41) is 9.99. The Bertz CT molecular complexity index is 1080. The first-order chi connectivity index (χ1) is 17.0. The van der Waals surface area contributed by atoms with E-state index in [-0.39, 0.29) is 11.5 Å². The van der Waals surface area contributed by atoms with Crippen LogP contribution in [0.1, 0.15) is 59.8 Å². The number of aromatic nitrogens is 1. The first kappa shape index (κ1) is 25.1. The summed E-state index contributed by atoms with van der Waals surface area (Å²) in [4.78, 5) is 21.9. The van der Waals surface area contributed by atoms with Gasteiger partial charge in [0.05, 0.1) is 12.2 Å². The average molecular weight is 472 g/mol. The number of pyridine rings is 1. The molecule has 0 bridgehead atoms. The zero-order chi connectivity index (χ0) is 24.6. The maximum absolute atomic E-state index is 13.1. The van der Waals surface area contributed by atoms with Gasteiger partial charge in [-0.1, -0.05) is 74.4 Å². The normalized spacial score (nSPS) is 18.2. The quantitative estimate of drug-likeness (QED) is 0.385. The lowest BCUT2D eigenvalue weighted by Crippen LogP contribution is -2.43. The van der Waals surface area contributed by atoms with Gasteiger partial charge in [-0.3, -0.25) is 19.6 Å². The van der Waals surface area contributed by atoms with Crippen molar-refractivity contribution in [2.45, 2.75) is 58.3 Å². The van der Waals surface area contributed by atoms with Crippen molar-refractivity contribution in [1.29, 1.82) is 0 Å². The van der Waals surface area contributed by atoms with Gasteiger partial charge >= 0.3 is 0 Å². The zero-order valence-corrected chi connectivity index (χ0v) is 20.9. The van der Waals surface area contributed by atoms with Crippen LogP contribution in [-0.2, 0) is 19.6 Å². The van der Waals surface area contributed by atoms with Crippen LogP contribution in [0, 0.1) is 5.92 Å². The number of ketones is 1. The van der Waals surface area contributed by atoms with Crippen molar-refractivity contribution in [2.75, 3.05) is 13.6 Å². The molecule has 1 saturated carbocycles. The highest BCUT2D eigenvalue weighted by molar-refractivity contribution is 5.97. The molecule has 35 heavy (non-hydrogen) atoms. The second-order valence-electron chi connectivity index (χ2n) is 9.98. The van der Waals surface area contributed by atoms with Crippen molar-refractivity contribution in [3.05, 3.63) is 95.3 Å². The summed E-state index contributed by atoms with van der Waals surface area (Å²) >= 11 is 0. The Kier molecular flexibility index (Phi) is 8.67. The van der Waals surface area contributed by atoms with Gasteiger partial charge in [0, 0.05) is 37.4 Å². The van der Waals surface area contributed by atoms with Crippen molar-refractivity contribution < 1.29 is 9.90 Å². The molecule has 2 atom stereocenters. The molecule has 1 N–H and O–H groups in total. The number of rotatable bonds is 10.